The van der Waals surface area contributed by atoms with E-state index in [2.05, 4.69) is 0 Å². The van der Waals surface area contributed by atoms with E-state index in [1.807, 2.05) is 54.6 Å². The van der Waals surface area contributed by atoms with Gasteiger partial charge in [-0.1, -0.05) is 54.6 Å². The summed E-state index contributed by atoms with van der Waals surface area (Å²) in [6.07, 6.45) is 0. The molecule has 1 aromatic heterocycles. The smallest absolute Gasteiger partial charge is 0.336 e. The highest BCUT2D eigenvalue weighted by atomic mass is 16.4. The predicted octanol–water partition coefficient (Wildman–Crippen LogP) is 4.13. The lowest BCUT2D eigenvalue weighted by atomic mass is 9.90. The zero-order chi connectivity index (χ0) is 17.4. The molecule has 4 heteroatoms. The van der Waals surface area contributed by atoms with Crippen LogP contribution in [-0.2, 0) is 0 Å². The molecule has 0 bridgehead atoms. The summed E-state index contributed by atoms with van der Waals surface area (Å²) < 4.78 is 0. The van der Waals surface area contributed by atoms with Gasteiger partial charge in [-0.3, -0.25) is 0 Å². The van der Waals surface area contributed by atoms with Gasteiger partial charge in [-0.2, -0.15) is 0 Å². The molecule has 0 amide bonds. The van der Waals surface area contributed by atoms with Crippen molar-refractivity contribution in [2.24, 2.45) is 5.73 Å². The fourth-order valence-electron chi connectivity index (χ4n) is 3.33. The number of carboxylic acids is 1. The van der Waals surface area contributed by atoms with E-state index in [0.29, 0.717) is 5.56 Å². The summed E-state index contributed by atoms with van der Waals surface area (Å²) in [6.45, 7) is 0. The van der Waals surface area contributed by atoms with Crippen molar-refractivity contribution in [3.63, 3.8) is 0 Å². The molecule has 1 heterocycles. The molecule has 0 aliphatic carbocycles. The molecule has 4 nitrogen and oxygen atoms in total. The summed E-state index contributed by atoms with van der Waals surface area (Å²) in [7, 11) is 0. The summed E-state index contributed by atoms with van der Waals surface area (Å²) >= 11 is 0. The third-order valence-corrected chi connectivity index (χ3v) is 4.47. The van der Waals surface area contributed by atoms with E-state index < -0.39 is 12.0 Å². The largest absolute Gasteiger partial charge is 0.478 e. The average Bonchev–Trinajstić information content (AvgIpc) is 2.65. The Labute approximate surface area is 144 Å². The third-order valence-electron chi connectivity index (χ3n) is 4.47. The highest BCUT2D eigenvalue weighted by Gasteiger charge is 2.21. The van der Waals surface area contributed by atoms with Crippen molar-refractivity contribution in [3.8, 4) is 0 Å². The van der Waals surface area contributed by atoms with Crippen molar-refractivity contribution in [1.29, 1.82) is 0 Å². The summed E-state index contributed by atoms with van der Waals surface area (Å²) in [6, 6.07) is 21.9. The van der Waals surface area contributed by atoms with Crippen LogP contribution >= 0.6 is 0 Å². The second-order valence-corrected chi connectivity index (χ2v) is 5.93. The average molecular weight is 328 g/mol. The monoisotopic (exact) mass is 328 g/mol. The van der Waals surface area contributed by atoms with Crippen LogP contribution in [0.4, 0.5) is 0 Å². The zero-order valence-corrected chi connectivity index (χ0v) is 13.4. The molecular weight excluding hydrogens is 312 g/mol. The SMILES string of the molecule is NC(c1ccccc1C(=O)O)c1c2ccccc2nc2ccccc12. The number of carboxylic acid groups (broad SMARTS) is 1. The van der Waals surface area contributed by atoms with Gasteiger partial charge in [0.1, 0.15) is 0 Å². The fraction of sp³-hybridized carbons (Fsp3) is 0.0476. The van der Waals surface area contributed by atoms with Gasteiger partial charge in [0.2, 0.25) is 0 Å². The van der Waals surface area contributed by atoms with Crippen molar-refractivity contribution in [2.45, 2.75) is 6.04 Å². The summed E-state index contributed by atoms with van der Waals surface area (Å²) in [5.41, 5.74) is 10.0. The van der Waals surface area contributed by atoms with E-state index in [-0.39, 0.29) is 5.56 Å². The van der Waals surface area contributed by atoms with Crippen molar-refractivity contribution in [2.75, 3.05) is 0 Å². The molecule has 0 spiro atoms. The Morgan fingerprint density at radius 1 is 0.840 bits per heavy atom. The first kappa shape index (κ1) is 15.3. The number of pyridine rings is 1. The molecule has 122 valence electrons. The van der Waals surface area contributed by atoms with Crippen molar-refractivity contribution < 1.29 is 9.90 Å². The Bertz CT molecular complexity index is 1050. The van der Waals surface area contributed by atoms with Gasteiger partial charge in [0.05, 0.1) is 22.6 Å². The van der Waals surface area contributed by atoms with Crippen LogP contribution in [-0.4, -0.2) is 16.1 Å². The first-order chi connectivity index (χ1) is 12.2. The first-order valence-corrected chi connectivity index (χ1v) is 8.02. The van der Waals surface area contributed by atoms with Crippen LogP contribution in [0.1, 0.15) is 27.5 Å². The second kappa shape index (κ2) is 6.00. The Kier molecular flexibility index (Phi) is 3.67. The molecule has 4 rings (SSSR count). The Balaban J connectivity index is 2.07. The van der Waals surface area contributed by atoms with Crippen LogP contribution < -0.4 is 5.73 Å². The minimum atomic E-state index is -0.978. The van der Waals surface area contributed by atoms with Crippen LogP contribution in [0.5, 0.6) is 0 Å². The molecule has 0 aliphatic heterocycles. The Hall–Kier alpha value is -3.24. The van der Waals surface area contributed by atoms with E-state index in [1.54, 1.807) is 18.2 Å². The minimum absolute atomic E-state index is 0.222. The maximum absolute atomic E-state index is 11.6. The summed E-state index contributed by atoms with van der Waals surface area (Å²) in [5.74, 6) is -0.978. The van der Waals surface area contributed by atoms with Gasteiger partial charge in [0.15, 0.2) is 0 Å². The van der Waals surface area contributed by atoms with E-state index in [0.717, 1.165) is 27.4 Å². The molecule has 3 aromatic carbocycles. The van der Waals surface area contributed by atoms with Gasteiger partial charge < -0.3 is 10.8 Å². The normalized spacial score (nSPS) is 12.4. The lowest BCUT2D eigenvalue weighted by molar-refractivity contribution is 0.0695. The fourth-order valence-corrected chi connectivity index (χ4v) is 3.33. The topological polar surface area (TPSA) is 76.2 Å². The molecule has 4 aromatic rings. The first-order valence-electron chi connectivity index (χ1n) is 8.02. The molecule has 25 heavy (non-hydrogen) atoms. The van der Waals surface area contributed by atoms with Crippen LogP contribution in [0.15, 0.2) is 72.8 Å². The van der Waals surface area contributed by atoms with E-state index in [9.17, 15) is 9.90 Å². The number of benzene rings is 3. The number of fused-ring (bicyclic) bond motifs is 2. The second-order valence-electron chi connectivity index (χ2n) is 5.93. The van der Waals surface area contributed by atoms with E-state index in [1.165, 1.54) is 0 Å². The third kappa shape index (κ3) is 2.53. The molecular formula is C21H16N2O2. The molecule has 1 atom stereocenters. The quantitative estimate of drug-likeness (QED) is 0.554. The number of para-hydroxylation sites is 2. The minimum Gasteiger partial charge on any atom is -0.478 e. The molecule has 0 saturated carbocycles. The maximum Gasteiger partial charge on any atom is 0.336 e. The number of carbonyl (C=O) groups is 1. The number of hydrogen-bond acceptors (Lipinski definition) is 3. The molecule has 0 aliphatic rings. The van der Waals surface area contributed by atoms with Gasteiger partial charge in [-0.05, 0) is 29.3 Å². The molecule has 1 unspecified atom stereocenters. The summed E-state index contributed by atoms with van der Waals surface area (Å²) in [5, 5.41) is 11.4. The Morgan fingerprint density at radius 3 is 1.96 bits per heavy atom. The number of nitrogens with two attached hydrogens (primary N) is 1. The van der Waals surface area contributed by atoms with Crippen molar-refractivity contribution in [1.82, 2.24) is 4.98 Å². The van der Waals surface area contributed by atoms with Crippen molar-refractivity contribution in [3.05, 3.63) is 89.5 Å². The lowest BCUT2D eigenvalue weighted by Crippen LogP contribution is -2.17. The highest BCUT2D eigenvalue weighted by Crippen LogP contribution is 2.34. The van der Waals surface area contributed by atoms with Gasteiger partial charge in [0.25, 0.3) is 0 Å². The highest BCUT2D eigenvalue weighted by molar-refractivity contribution is 5.99. The molecule has 0 fully saturated rings. The van der Waals surface area contributed by atoms with Gasteiger partial charge in [-0.25, -0.2) is 9.78 Å². The zero-order valence-electron chi connectivity index (χ0n) is 13.4. The van der Waals surface area contributed by atoms with Crippen LogP contribution in [0.25, 0.3) is 21.8 Å². The van der Waals surface area contributed by atoms with E-state index >= 15 is 0 Å². The Morgan fingerprint density at radius 2 is 1.36 bits per heavy atom. The number of nitrogens with zero attached hydrogens (tertiary/aromatic N) is 1. The number of hydrogen-bond donors (Lipinski definition) is 2. The molecule has 0 radical (unpaired) electrons. The van der Waals surface area contributed by atoms with Gasteiger partial charge in [0, 0.05) is 10.8 Å². The predicted molar refractivity (Wildman–Crippen MR) is 98.7 cm³/mol. The number of aromatic nitrogens is 1. The standard InChI is InChI=1S/C21H16N2O2/c22-20(13-7-1-2-8-14(13)21(24)25)19-15-9-3-5-11-17(15)23-18-12-6-4-10-16(18)19/h1-12,20H,22H2,(H,24,25). The van der Waals surface area contributed by atoms with Gasteiger partial charge in [-0.15, -0.1) is 0 Å². The van der Waals surface area contributed by atoms with Gasteiger partial charge >= 0.3 is 5.97 Å². The maximum atomic E-state index is 11.6. The number of rotatable bonds is 3. The molecule has 0 saturated heterocycles. The van der Waals surface area contributed by atoms with Crippen molar-refractivity contribution >= 4 is 27.8 Å². The lowest BCUT2D eigenvalue weighted by Gasteiger charge is -2.19. The number of aromatic carboxylic acids is 1. The summed E-state index contributed by atoms with van der Waals surface area (Å²) in [4.78, 5) is 16.3. The van der Waals surface area contributed by atoms with Crippen LogP contribution in [0.3, 0.4) is 0 Å². The van der Waals surface area contributed by atoms with Crippen LogP contribution in [0, 0.1) is 0 Å². The van der Waals surface area contributed by atoms with E-state index in [4.69, 9.17) is 10.7 Å². The molecule has 3 N–H and O–H groups in total. The van der Waals surface area contributed by atoms with Crippen LogP contribution in [0.2, 0.25) is 0 Å².